The Bertz CT molecular complexity index is 1260. The molecule has 0 atom stereocenters. The van der Waals surface area contributed by atoms with Gasteiger partial charge in [0.2, 0.25) is 17.2 Å². The second kappa shape index (κ2) is 7.85. The number of nitrogens with zero attached hydrogens (tertiary/aromatic N) is 6. The zero-order valence-electron chi connectivity index (χ0n) is 16.0. The van der Waals surface area contributed by atoms with Crippen LogP contribution < -0.4 is 10.2 Å². The molecule has 11 heteroatoms. The van der Waals surface area contributed by atoms with E-state index in [4.69, 9.17) is 9.26 Å². The summed E-state index contributed by atoms with van der Waals surface area (Å²) in [6.07, 6.45) is 2.09. The van der Waals surface area contributed by atoms with Crippen LogP contribution in [-0.4, -0.2) is 36.3 Å². The molecule has 0 aliphatic rings. The Morgan fingerprint density at radius 2 is 2.10 bits per heavy atom. The fourth-order valence-corrected chi connectivity index (χ4v) is 2.83. The minimum Gasteiger partial charge on any atom is -0.449 e. The maximum Gasteiger partial charge on any atom is 0.417 e. The van der Waals surface area contributed by atoms with E-state index in [1.54, 1.807) is 31.2 Å². The van der Waals surface area contributed by atoms with Crippen molar-refractivity contribution in [3.05, 3.63) is 69.9 Å². The van der Waals surface area contributed by atoms with Crippen molar-refractivity contribution >= 4 is 0 Å². The molecule has 0 radical (unpaired) electrons. The summed E-state index contributed by atoms with van der Waals surface area (Å²) in [5.74, 6) is -1.44. The van der Waals surface area contributed by atoms with Crippen LogP contribution >= 0.6 is 0 Å². The van der Waals surface area contributed by atoms with Gasteiger partial charge in [0.15, 0.2) is 5.82 Å². The molecular weight excluding hydrogens is 398 g/mol. The first kappa shape index (κ1) is 19.4. The Labute approximate surface area is 168 Å². The molecule has 0 unspecified atom stereocenters. The van der Waals surface area contributed by atoms with E-state index in [9.17, 15) is 13.6 Å². The number of halogens is 2. The van der Waals surface area contributed by atoms with Crippen LogP contribution in [0.3, 0.4) is 0 Å². The highest BCUT2D eigenvalue weighted by molar-refractivity contribution is 5.56. The quantitative estimate of drug-likeness (QED) is 0.477. The zero-order chi connectivity index (χ0) is 21.3. The van der Waals surface area contributed by atoms with Gasteiger partial charge in [0.1, 0.15) is 11.4 Å². The lowest BCUT2D eigenvalue weighted by Crippen LogP contribution is -2.21. The van der Waals surface area contributed by atoms with Gasteiger partial charge in [-0.3, -0.25) is 9.32 Å². The van der Waals surface area contributed by atoms with E-state index in [1.165, 1.54) is 13.2 Å². The first-order valence-corrected chi connectivity index (χ1v) is 8.98. The number of hydrogen-bond acceptors (Lipinski definition) is 7. The summed E-state index contributed by atoms with van der Waals surface area (Å²) in [5, 5.41) is 11.7. The van der Waals surface area contributed by atoms with Gasteiger partial charge in [-0.2, -0.15) is 19.6 Å². The fourth-order valence-electron chi connectivity index (χ4n) is 2.83. The Morgan fingerprint density at radius 1 is 1.27 bits per heavy atom. The minimum atomic E-state index is -1.04. The summed E-state index contributed by atoms with van der Waals surface area (Å²) in [7, 11) is 1.40. The summed E-state index contributed by atoms with van der Waals surface area (Å²) in [4.78, 5) is 16.4. The molecule has 0 saturated heterocycles. The molecule has 4 aromatic rings. The van der Waals surface area contributed by atoms with E-state index in [-0.39, 0.29) is 23.9 Å². The van der Waals surface area contributed by atoms with E-state index < -0.39 is 17.2 Å². The van der Waals surface area contributed by atoms with Gasteiger partial charge in [0.25, 0.3) is 0 Å². The molecule has 0 bridgehead atoms. The van der Waals surface area contributed by atoms with Gasteiger partial charge in [-0.05, 0) is 18.6 Å². The van der Waals surface area contributed by atoms with Crippen molar-refractivity contribution in [3.63, 3.8) is 0 Å². The number of ether oxygens (including phenoxy) is 1. The van der Waals surface area contributed by atoms with Crippen LogP contribution in [0.5, 0.6) is 6.08 Å². The molecule has 0 aliphatic carbocycles. The summed E-state index contributed by atoms with van der Waals surface area (Å²) in [6, 6.07) is 6.96. The molecule has 30 heavy (non-hydrogen) atoms. The lowest BCUT2D eigenvalue weighted by molar-refractivity contribution is 0.215. The molecule has 0 amide bonds. The van der Waals surface area contributed by atoms with Crippen molar-refractivity contribution in [2.45, 2.75) is 13.3 Å². The fraction of sp³-hybridized carbons (Fsp3) is 0.211. The molecule has 1 aromatic carbocycles. The Balaban J connectivity index is 1.67. The average molecular weight is 414 g/mol. The predicted octanol–water partition coefficient (Wildman–Crippen LogP) is 2.28. The molecule has 0 fully saturated rings. The Morgan fingerprint density at radius 3 is 2.83 bits per heavy atom. The highest BCUT2D eigenvalue weighted by Crippen LogP contribution is 2.21. The molecule has 9 nitrogen and oxygen atoms in total. The van der Waals surface area contributed by atoms with Gasteiger partial charge in [-0.15, -0.1) is 0 Å². The Kier molecular flexibility index (Phi) is 5.09. The smallest absolute Gasteiger partial charge is 0.417 e. The lowest BCUT2D eigenvalue weighted by Gasteiger charge is -2.07. The highest BCUT2D eigenvalue weighted by atomic mass is 19.1. The maximum absolute atomic E-state index is 14.2. The van der Waals surface area contributed by atoms with Crippen LogP contribution in [0.15, 0.2) is 46.0 Å². The average Bonchev–Trinajstić information content (AvgIpc) is 3.33. The van der Waals surface area contributed by atoms with Gasteiger partial charge >= 0.3 is 6.08 Å². The highest BCUT2D eigenvalue weighted by Gasteiger charge is 2.16. The third-order valence-corrected chi connectivity index (χ3v) is 4.27. The number of aromatic nitrogens is 6. The molecule has 4 rings (SSSR count). The first-order chi connectivity index (χ1) is 14.5. The normalized spacial score (nSPS) is 11.1. The van der Waals surface area contributed by atoms with Gasteiger partial charge < -0.3 is 4.74 Å². The van der Waals surface area contributed by atoms with Crippen LogP contribution in [0.4, 0.5) is 8.78 Å². The van der Waals surface area contributed by atoms with Crippen LogP contribution in [0, 0.1) is 11.8 Å². The SMILES string of the molecule is CCOc1nc(-c2cccc(Cc3nn(-c4cnn(C)c4F)cc(F)c3=O)c2)no1. The number of rotatable bonds is 6. The topological polar surface area (TPSA) is 101 Å². The summed E-state index contributed by atoms with van der Waals surface area (Å²) in [5.41, 5.74) is 0.264. The molecule has 3 heterocycles. The molecule has 0 spiro atoms. The zero-order valence-corrected chi connectivity index (χ0v) is 16.0. The van der Waals surface area contributed by atoms with Gasteiger partial charge in [0.05, 0.1) is 19.0 Å². The molecule has 0 saturated carbocycles. The van der Waals surface area contributed by atoms with E-state index in [0.29, 0.717) is 23.6 Å². The number of hydrogen-bond donors (Lipinski definition) is 0. The van der Waals surface area contributed by atoms with Gasteiger partial charge in [0, 0.05) is 19.0 Å². The van der Waals surface area contributed by atoms with E-state index in [2.05, 4.69) is 20.3 Å². The van der Waals surface area contributed by atoms with E-state index in [0.717, 1.165) is 15.6 Å². The van der Waals surface area contributed by atoms with Crippen molar-refractivity contribution in [3.8, 4) is 23.2 Å². The van der Waals surface area contributed by atoms with Crippen LogP contribution in [-0.2, 0) is 13.5 Å². The van der Waals surface area contributed by atoms with Crippen molar-refractivity contribution < 1.29 is 18.0 Å². The maximum atomic E-state index is 14.2. The number of benzene rings is 1. The van der Waals surface area contributed by atoms with Crippen LogP contribution in [0.25, 0.3) is 17.1 Å². The molecule has 3 aromatic heterocycles. The van der Waals surface area contributed by atoms with Gasteiger partial charge in [-0.1, -0.05) is 23.4 Å². The molecule has 154 valence electrons. The van der Waals surface area contributed by atoms with Crippen LogP contribution in [0.1, 0.15) is 18.2 Å². The van der Waals surface area contributed by atoms with E-state index >= 15 is 0 Å². The largest absolute Gasteiger partial charge is 0.449 e. The lowest BCUT2D eigenvalue weighted by atomic mass is 10.1. The van der Waals surface area contributed by atoms with E-state index in [1.807, 2.05) is 0 Å². The summed E-state index contributed by atoms with van der Waals surface area (Å²) >= 11 is 0. The molecule has 0 aliphatic heterocycles. The second-order valence-electron chi connectivity index (χ2n) is 6.34. The standard InChI is InChI=1S/C19H16F2N6O3/c1-3-29-19-23-18(25-30-19)12-6-4-5-11(7-12)8-14-16(28)13(20)10-27(24-14)15-9-22-26(2)17(15)21/h4-7,9-10H,3,8H2,1-2H3. The van der Waals surface area contributed by atoms with Crippen LogP contribution in [0.2, 0.25) is 0 Å². The number of aryl methyl sites for hydroxylation is 1. The summed E-state index contributed by atoms with van der Waals surface area (Å²) in [6.45, 7) is 2.18. The van der Waals surface area contributed by atoms with Crippen molar-refractivity contribution in [1.29, 1.82) is 0 Å². The van der Waals surface area contributed by atoms with Gasteiger partial charge in [-0.25, -0.2) is 13.8 Å². The molecular formula is C19H16F2N6O3. The van der Waals surface area contributed by atoms with Crippen molar-refractivity contribution in [2.24, 2.45) is 7.05 Å². The summed E-state index contributed by atoms with van der Waals surface area (Å²) < 4.78 is 40.5. The van der Waals surface area contributed by atoms with Crippen molar-refractivity contribution in [2.75, 3.05) is 6.61 Å². The minimum absolute atomic E-state index is 0.0164. The first-order valence-electron chi connectivity index (χ1n) is 8.98. The predicted molar refractivity (Wildman–Crippen MR) is 100 cm³/mol. The monoisotopic (exact) mass is 414 g/mol. The van der Waals surface area contributed by atoms with Crippen molar-refractivity contribution in [1.82, 2.24) is 29.7 Å². The molecule has 0 N–H and O–H groups in total. The third-order valence-electron chi connectivity index (χ3n) is 4.27. The Hall–Kier alpha value is -3.89. The third kappa shape index (κ3) is 3.69. The second-order valence-corrected chi connectivity index (χ2v) is 6.34.